The van der Waals surface area contributed by atoms with E-state index in [-0.39, 0.29) is 11.0 Å². The Balaban J connectivity index is 1.14. The van der Waals surface area contributed by atoms with E-state index in [1.165, 1.54) is 54.7 Å². The Labute approximate surface area is 429 Å². The summed E-state index contributed by atoms with van der Waals surface area (Å²) in [6, 6.07) is 71.6. The van der Waals surface area contributed by atoms with E-state index in [9.17, 15) is 0 Å². The predicted octanol–water partition coefficient (Wildman–Crippen LogP) is 20.0. The average Bonchev–Trinajstić information content (AvgIpc) is 4.09. The van der Waals surface area contributed by atoms with Gasteiger partial charge in [-0.25, -0.2) is 0 Å². The van der Waals surface area contributed by atoms with Gasteiger partial charge in [0.15, 0.2) is 0 Å². The third kappa shape index (κ3) is 7.90. The first-order valence-electron chi connectivity index (χ1n) is 26.7. The first-order chi connectivity index (χ1) is 35.7. The summed E-state index contributed by atoms with van der Waals surface area (Å²) in [5.74, 6) is 0.949. The third-order valence-corrected chi connectivity index (χ3v) is 16.0. The number of hydrogen-bond donors (Lipinski definition) is 0. The predicted molar refractivity (Wildman–Crippen MR) is 310 cm³/mol. The van der Waals surface area contributed by atoms with E-state index < -0.39 is 0 Å². The molecule has 1 unspecified atom stereocenters. The molecule has 0 radical (unpaired) electrons. The lowest BCUT2D eigenvalue weighted by Gasteiger charge is -2.35. The highest BCUT2D eigenvalue weighted by molar-refractivity contribution is 6.15. The molecule has 0 bridgehead atoms. The van der Waals surface area contributed by atoms with Gasteiger partial charge in [0.2, 0.25) is 0 Å². The van der Waals surface area contributed by atoms with Gasteiger partial charge in [-0.3, -0.25) is 0 Å². The summed E-state index contributed by atoms with van der Waals surface area (Å²) in [6.07, 6.45) is 7.34. The zero-order valence-electron chi connectivity index (χ0n) is 43.1. The molecule has 0 aliphatic rings. The van der Waals surface area contributed by atoms with Gasteiger partial charge in [-0.15, -0.1) is 0 Å². The molecular formula is C69H64N2O2. The summed E-state index contributed by atoms with van der Waals surface area (Å²) < 4.78 is 19.3. The van der Waals surface area contributed by atoms with Crippen molar-refractivity contribution in [3.63, 3.8) is 0 Å². The van der Waals surface area contributed by atoms with Crippen LogP contribution in [-0.4, -0.2) is 14.7 Å². The molecular weight excluding hydrogens is 889 g/mol. The molecule has 73 heavy (non-hydrogen) atoms. The van der Waals surface area contributed by atoms with Gasteiger partial charge in [0.1, 0.15) is 22.5 Å². The highest BCUT2D eigenvalue weighted by Gasteiger charge is 2.32. The van der Waals surface area contributed by atoms with Gasteiger partial charge in [-0.05, 0) is 139 Å². The SMILES string of the molecule is CCCC(C)(CC)Oc1c(-c2ccccc2)cc(C(C)(CCC)CCC)cc1-c1ccc2oc3cccc(-c4cc(-n5c6ccccc6c6ccccc65)cc(-n5c6ccccc6c6ccccc65)c4)c3c2c1. The number of aromatic nitrogens is 2. The number of hydrogen-bond acceptors (Lipinski definition) is 2. The van der Waals surface area contributed by atoms with Crippen LogP contribution in [-0.2, 0) is 5.41 Å². The molecule has 12 aromatic rings. The molecule has 0 aliphatic heterocycles. The molecule has 0 N–H and O–H groups in total. The van der Waals surface area contributed by atoms with E-state index in [0.717, 1.165) is 112 Å². The van der Waals surface area contributed by atoms with Crippen molar-refractivity contribution >= 4 is 65.6 Å². The highest BCUT2D eigenvalue weighted by atomic mass is 16.5. The summed E-state index contributed by atoms with van der Waals surface area (Å²) >= 11 is 0. The minimum atomic E-state index is -0.347. The maximum Gasteiger partial charge on any atom is 0.136 e. The molecule has 0 saturated heterocycles. The van der Waals surface area contributed by atoms with Crippen molar-refractivity contribution < 1.29 is 9.15 Å². The number of fused-ring (bicyclic) bond motifs is 9. The normalized spacial score (nSPS) is 13.0. The lowest BCUT2D eigenvalue weighted by Crippen LogP contribution is -2.32. The van der Waals surface area contributed by atoms with Crippen LogP contribution in [0.15, 0.2) is 199 Å². The molecule has 1 atom stereocenters. The van der Waals surface area contributed by atoms with Crippen molar-refractivity contribution in [1.82, 2.24) is 9.13 Å². The standard InChI is InChI=1S/C69H64N2O2/c1-7-37-68(5,38-8-2)49-43-57(46-23-12-11-13-24-46)67(73-69(6,10-4)39-9-3)58(44-49)47-35-36-64-59(42-47)66-52(29-22-34-65(66)72-64)48-40-50(70-60-30-18-14-25-53(60)54-26-15-19-31-61(54)70)45-51(41-48)71-62-32-20-16-27-55(62)56-28-17-21-33-63(56)71/h11-36,40-45H,7-10,37-39H2,1-6H3. The molecule has 9 aromatic carbocycles. The van der Waals surface area contributed by atoms with Crippen LogP contribution in [0, 0.1) is 0 Å². The summed E-state index contributed by atoms with van der Waals surface area (Å²) in [5.41, 5.74) is 16.4. The van der Waals surface area contributed by atoms with Gasteiger partial charge in [0.05, 0.1) is 22.1 Å². The molecule has 3 heterocycles. The van der Waals surface area contributed by atoms with Crippen LogP contribution in [0.1, 0.15) is 92.1 Å². The summed E-state index contributed by atoms with van der Waals surface area (Å²) in [5, 5.41) is 7.12. The number of para-hydroxylation sites is 4. The van der Waals surface area contributed by atoms with Crippen molar-refractivity contribution in [3.8, 4) is 50.5 Å². The van der Waals surface area contributed by atoms with Crippen LogP contribution >= 0.6 is 0 Å². The minimum Gasteiger partial charge on any atom is -0.486 e. The summed E-state index contributed by atoms with van der Waals surface area (Å²) in [4.78, 5) is 0. The second-order valence-electron chi connectivity index (χ2n) is 21.0. The van der Waals surface area contributed by atoms with Crippen LogP contribution in [0.5, 0.6) is 5.75 Å². The maximum absolute atomic E-state index is 7.52. The van der Waals surface area contributed by atoms with Gasteiger partial charge in [0.25, 0.3) is 0 Å². The summed E-state index contributed by atoms with van der Waals surface area (Å²) in [6.45, 7) is 13.9. The fourth-order valence-electron chi connectivity index (χ4n) is 12.4. The first kappa shape index (κ1) is 46.3. The Morgan fingerprint density at radius 3 is 1.44 bits per heavy atom. The van der Waals surface area contributed by atoms with Crippen LogP contribution < -0.4 is 4.74 Å². The zero-order valence-corrected chi connectivity index (χ0v) is 43.1. The van der Waals surface area contributed by atoms with E-state index in [4.69, 9.17) is 9.15 Å². The van der Waals surface area contributed by atoms with Gasteiger partial charge in [-0.1, -0.05) is 175 Å². The van der Waals surface area contributed by atoms with Crippen molar-refractivity contribution in [2.75, 3.05) is 0 Å². The Kier molecular flexibility index (Phi) is 11.8. The Morgan fingerprint density at radius 2 is 0.918 bits per heavy atom. The monoisotopic (exact) mass is 952 g/mol. The molecule has 4 nitrogen and oxygen atoms in total. The fourth-order valence-corrected chi connectivity index (χ4v) is 12.4. The van der Waals surface area contributed by atoms with E-state index in [0.29, 0.717) is 0 Å². The second kappa shape index (κ2) is 18.7. The molecule has 0 fully saturated rings. The molecule has 4 heteroatoms. The number of nitrogens with zero attached hydrogens (tertiary/aromatic N) is 2. The largest absolute Gasteiger partial charge is 0.486 e. The number of furan rings is 1. The van der Waals surface area contributed by atoms with Crippen molar-refractivity contribution in [3.05, 3.63) is 200 Å². The van der Waals surface area contributed by atoms with E-state index in [1.54, 1.807) is 0 Å². The third-order valence-electron chi connectivity index (χ3n) is 16.0. The number of benzene rings is 9. The highest BCUT2D eigenvalue weighted by Crippen LogP contribution is 2.49. The maximum atomic E-state index is 7.52. The minimum absolute atomic E-state index is 0.00708. The Hall–Kier alpha value is -7.82. The number of ether oxygens (including phenoxy) is 1. The van der Waals surface area contributed by atoms with Crippen molar-refractivity contribution in [1.29, 1.82) is 0 Å². The van der Waals surface area contributed by atoms with E-state index in [1.807, 2.05) is 0 Å². The summed E-state index contributed by atoms with van der Waals surface area (Å²) in [7, 11) is 0. The lowest BCUT2D eigenvalue weighted by molar-refractivity contribution is 0.0754. The zero-order chi connectivity index (χ0) is 49.8. The molecule has 12 rings (SSSR count). The molecule has 0 spiro atoms. The topological polar surface area (TPSA) is 32.2 Å². The average molecular weight is 953 g/mol. The van der Waals surface area contributed by atoms with Crippen molar-refractivity contribution in [2.45, 2.75) is 97.5 Å². The Bertz CT molecular complexity index is 3770. The molecule has 3 aromatic heterocycles. The lowest BCUT2D eigenvalue weighted by atomic mass is 9.73. The smallest absolute Gasteiger partial charge is 0.136 e. The Morgan fingerprint density at radius 1 is 0.411 bits per heavy atom. The van der Waals surface area contributed by atoms with Gasteiger partial charge in [-0.2, -0.15) is 0 Å². The van der Waals surface area contributed by atoms with Gasteiger partial charge in [0, 0.05) is 54.8 Å². The van der Waals surface area contributed by atoms with Crippen LogP contribution in [0.3, 0.4) is 0 Å². The van der Waals surface area contributed by atoms with E-state index >= 15 is 0 Å². The molecule has 0 aliphatic carbocycles. The second-order valence-corrected chi connectivity index (χ2v) is 21.0. The molecule has 362 valence electrons. The van der Waals surface area contributed by atoms with Crippen LogP contribution in [0.2, 0.25) is 0 Å². The van der Waals surface area contributed by atoms with Crippen LogP contribution in [0.4, 0.5) is 0 Å². The quantitative estimate of drug-likeness (QED) is 0.103. The fraction of sp³-hybridized carbons (Fsp3) is 0.217. The van der Waals surface area contributed by atoms with Crippen LogP contribution in [0.25, 0.3) is 110 Å². The van der Waals surface area contributed by atoms with Crippen molar-refractivity contribution in [2.24, 2.45) is 0 Å². The van der Waals surface area contributed by atoms with Gasteiger partial charge >= 0.3 is 0 Å². The number of rotatable bonds is 15. The van der Waals surface area contributed by atoms with Gasteiger partial charge < -0.3 is 18.3 Å². The molecule has 0 saturated carbocycles. The molecule has 0 amide bonds. The van der Waals surface area contributed by atoms with E-state index in [2.05, 4.69) is 245 Å². The first-order valence-corrected chi connectivity index (χ1v) is 26.7.